The van der Waals surface area contributed by atoms with E-state index < -0.39 is 5.97 Å². The van der Waals surface area contributed by atoms with Crippen molar-refractivity contribution in [3.63, 3.8) is 0 Å². The molecule has 0 radical (unpaired) electrons. The number of halogens is 1. The van der Waals surface area contributed by atoms with Crippen LogP contribution >= 0.6 is 0 Å². The molecule has 0 amide bonds. The van der Waals surface area contributed by atoms with Crippen LogP contribution in [0.3, 0.4) is 0 Å². The van der Waals surface area contributed by atoms with Crippen molar-refractivity contribution >= 4 is 5.97 Å². The van der Waals surface area contributed by atoms with Gasteiger partial charge in [-0.05, 0) is 29.8 Å². The number of nitrogens with zero attached hydrogens (tertiary/aromatic N) is 1. The van der Waals surface area contributed by atoms with Gasteiger partial charge in [0.1, 0.15) is 18.1 Å². The summed E-state index contributed by atoms with van der Waals surface area (Å²) in [5, 5.41) is 0. The zero-order valence-electron chi connectivity index (χ0n) is 10.9. The van der Waals surface area contributed by atoms with Crippen LogP contribution < -0.4 is 5.43 Å². The molecular formula is C15H15FN2O2. The van der Waals surface area contributed by atoms with E-state index in [1.807, 2.05) is 0 Å². The van der Waals surface area contributed by atoms with Gasteiger partial charge in [-0.2, -0.15) is 0 Å². The smallest absolute Gasteiger partial charge is 0.357 e. The maximum Gasteiger partial charge on any atom is 0.357 e. The van der Waals surface area contributed by atoms with E-state index in [9.17, 15) is 9.18 Å². The first-order valence-corrected chi connectivity index (χ1v) is 6.14. The first-order chi connectivity index (χ1) is 9.70. The lowest BCUT2D eigenvalue weighted by molar-refractivity contribution is 0.0539. The van der Waals surface area contributed by atoms with Gasteiger partial charge < -0.3 is 10.2 Å². The zero-order chi connectivity index (χ0) is 14.4. The summed E-state index contributed by atoms with van der Waals surface area (Å²) in [6.07, 6.45) is 3.23. The van der Waals surface area contributed by atoms with Gasteiger partial charge in [0, 0.05) is 6.20 Å². The number of esters is 1. The third-order valence-electron chi connectivity index (χ3n) is 2.66. The van der Waals surface area contributed by atoms with Crippen molar-refractivity contribution < 1.29 is 13.9 Å². The molecule has 2 rings (SSSR count). The number of benzene rings is 1. The number of ether oxygens (including phenoxy) is 1. The molecule has 0 unspecified atom stereocenters. The SMILES string of the molecule is C=CCOC(=O)c1cccn1NCc1ccc(F)cc1. The van der Waals surface area contributed by atoms with Crippen LogP contribution in [0, 0.1) is 5.82 Å². The second-order valence-electron chi connectivity index (χ2n) is 4.11. The highest BCUT2D eigenvalue weighted by Gasteiger charge is 2.11. The molecule has 104 valence electrons. The number of hydrogen-bond donors (Lipinski definition) is 1. The van der Waals surface area contributed by atoms with Crippen LogP contribution in [0.2, 0.25) is 0 Å². The summed E-state index contributed by atoms with van der Waals surface area (Å²) in [7, 11) is 0. The fourth-order valence-electron chi connectivity index (χ4n) is 1.67. The largest absolute Gasteiger partial charge is 0.457 e. The lowest BCUT2D eigenvalue weighted by atomic mass is 10.2. The summed E-state index contributed by atoms with van der Waals surface area (Å²) >= 11 is 0. The van der Waals surface area contributed by atoms with Crippen molar-refractivity contribution in [1.82, 2.24) is 4.68 Å². The van der Waals surface area contributed by atoms with Gasteiger partial charge in [-0.15, -0.1) is 0 Å². The highest BCUT2D eigenvalue weighted by molar-refractivity contribution is 5.87. The molecule has 2 aromatic rings. The summed E-state index contributed by atoms with van der Waals surface area (Å²) in [5.41, 5.74) is 4.36. The van der Waals surface area contributed by atoms with Crippen molar-refractivity contribution in [1.29, 1.82) is 0 Å². The van der Waals surface area contributed by atoms with Crippen molar-refractivity contribution in [2.75, 3.05) is 12.0 Å². The van der Waals surface area contributed by atoms with Crippen molar-refractivity contribution in [3.05, 3.63) is 72.3 Å². The zero-order valence-corrected chi connectivity index (χ0v) is 10.9. The van der Waals surface area contributed by atoms with E-state index >= 15 is 0 Å². The van der Waals surface area contributed by atoms with Crippen LogP contribution in [0.1, 0.15) is 16.1 Å². The Labute approximate surface area is 116 Å². The molecule has 0 aliphatic rings. The average Bonchev–Trinajstić information content (AvgIpc) is 2.92. The predicted octanol–water partition coefficient (Wildman–Crippen LogP) is 2.71. The van der Waals surface area contributed by atoms with Crippen LogP contribution in [0.4, 0.5) is 4.39 Å². The molecular weight excluding hydrogens is 259 g/mol. The summed E-state index contributed by atoms with van der Waals surface area (Å²) in [6.45, 7) is 4.13. The second kappa shape index (κ2) is 6.56. The molecule has 5 heteroatoms. The molecule has 20 heavy (non-hydrogen) atoms. The minimum Gasteiger partial charge on any atom is -0.457 e. The Hall–Kier alpha value is -2.56. The fraction of sp³-hybridized carbons (Fsp3) is 0.133. The Bertz CT molecular complexity index is 590. The van der Waals surface area contributed by atoms with E-state index in [0.717, 1.165) is 5.56 Å². The molecule has 0 fully saturated rings. The Morgan fingerprint density at radius 3 is 2.80 bits per heavy atom. The highest BCUT2D eigenvalue weighted by atomic mass is 19.1. The van der Waals surface area contributed by atoms with E-state index in [0.29, 0.717) is 12.2 Å². The number of hydrogen-bond acceptors (Lipinski definition) is 3. The van der Waals surface area contributed by atoms with Crippen LogP contribution in [-0.4, -0.2) is 17.3 Å². The molecule has 0 aliphatic heterocycles. The Morgan fingerprint density at radius 1 is 1.35 bits per heavy atom. The maximum atomic E-state index is 12.8. The molecule has 1 heterocycles. The topological polar surface area (TPSA) is 43.3 Å². The van der Waals surface area contributed by atoms with Gasteiger partial charge in [0.15, 0.2) is 0 Å². The number of nitrogens with one attached hydrogen (secondary N) is 1. The van der Waals surface area contributed by atoms with E-state index in [1.54, 1.807) is 35.1 Å². The monoisotopic (exact) mass is 274 g/mol. The molecule has 0 bridgehead atoms. The third-order valence-corrected chi connectivity index (χ3v) is 2.66. The van der Waals surface area contributed by atoms with Gasteiger partial charge in [0.05, 0.1) is 6.54 Å². The number of aromatic nitrogens is 1. The molecule has 1 N–H and O–H groups in total. The minimum atomic E-state index is -0.429. The van der Waals surface area contributed by atoms with Gasteiger partial charge in [-0.3, -0.25) is 4.68 Å². The van der Waals surface area contributed by atoms with E-state index in [-0.39, 0.29) is 12.4 Å². The van der Waals surface area contributed by atoms with Crippen molar-refractivity contribution in [2.45, 2.75) is 6.54 Å². The lowest BCUT2D eigenvalue weighted by Gasteiger charge is -2.11. The number of carbonyl (C=O) groups is 1. The van der Waals surface area contributed by atoms with Crippen molar-refractivity contribution in [2.24, 2.45) is 0 Å². The molecule has 0 aliphatic carbocycles. The normalized spacial score (nSPS) is 10.1. The Morgan fingerprint density at radius 2 is 2.10 bits per heavy atom. The maximum absolute atomic E-state index is 12.8. The predicted molar refractivity (Wildman–Crippen MR) is 74.4 cm³/mol. The molecule has 4 nitrogen and oxygen atoms in total. The first kappa shape index (κ1) is 13.9. The Balaban J connectivity index is 1.99. The molecule has 0 spiro atoms. The molecule has 1 aromatic heterocycles. The summed E-state index contributed by atoms with van der Waals surface area (Å²) in [4.78, 5) is 11.8. The molecule has 1 aromatic carbocycles. The van der Waals surface area contributed by atoms with E-state index in [2.05, 4.69) is 12.0 Å². The molecule has 0 atom stereocenters. The van der Waals surface area contributed by atoms with Gasteiger partial charge in [-0.1, -0.05) is 24.8 Å². The quantitative estimate of drug-likeness (QED) is 0.650. The number of rotatable bonds is 6. The minimum absolute atomic E-state index is 0.169. The van der Waals surface area contributed by atoms with Gasteiger partial charge in [-0.25, -0.2) is 9.18 Å². The van der Waals surface area contributed by atoms with Crippen LogP contribution in [0.25, 0.3) is 0 Å². The van der Waals surface area contributed by atoms with Crippen LogP contribution in [-0.2, 0) is 11.3 Å². The number of carbonyl (C=O) groups excluding carboxylic acids is 1. The third kappa shape index (κ3) is 3.47. The fourth-order valence-corrected chi connectivity index (χ4v) is 1.67. The van der Waals surface area contributed by atoms with E-state index in [4.69, 9.17) is 4.74 Å². The van der Waals surface area contributed by atoms with Gasteiger partial charge >= 0.3 is 5.97 Å². The second-order valence-corrected chi connectivity index (χ2v) is 4.11. The first-order valence-electron chi connectivity index (χ1n) is 6.14. The van der Waals surface area contributed by atoms with Gasteiger partial charge in [0.2, 0.25) is 0 Å². The molecule has 0 saturated heterocycles. The lowest BCUT2D eigenvalue weighted by Crippen LogP contribution is -2.20. The van der Waals surface area contributed by atoms with E-state index in [1.165, 1.54) is 18.2 Å². The Kier molecular flexibility index (Phi) is 4.55. The summed E-state index contributed by atoms with van der Waals surface area (Å²) in [6, 6.07) is 9.55. The van der Waals surface area contributed by atoms with Crippen LogP contribution in [0.15, 0.2) is 55.3 Å². The summed E-state index contributed by atoms with van der Waals surface area (Å²) < 4.78 is 19.3. The standard InChI is InChI=1S/C15H15FN2O2/c1-2-10-20-15(19)14-4-3-9-18(14)17-11-12-5-7-13(16)8-6-12/h2-9,17H,1,10-11H2. The average molecular weight is 274 g/mol. The van der Waals surface area contributed by atoms with Gasteiger partial charge in [0.25, 0.3) is 0 Å². The van der Waals surface area contributed by atoms with Crippen LogP contribution in [0.5, 0.6) is 0 Å². The highest BCUT2D eigenvalue weighted by Crippen LogP contribution is 2.06. The summed E-state index contributed by atoms with van der Waals surface area (Å²) in [5.74, 6) is -0.704. The van der Waals surface area contributed by atoms with Crippen molar-refractivity contribution in [3.8, 4) is 0 Å². The molecule has 0 saturated carbocycles.